The highest BCUT2D eigenvalue weighted by molar-refractivity contribution is 5.69. The molecule has 1 rings (SSSR count). The summed E-state index contributed by atoms with van der Waals surface area (Å²) < 4.78 is 41.9. The van der Waals surface area contributed by atoms with Crippen molar-refractivity contribution in [3.8, 4) is 5.75 Å². The lowest BCUT2D eigenvalue weighted by molar-refractivity contribution is -0.0521. The van der Waals surface area contributed by atoms with Crippen LogP contribution in [0.3, 0.4) is 0 Å². The maximum Gasteiger partial charge on any atom is 0.387 e. The number of nitrogens with one attached hydrogen (secondary N) is 1. The molecule has 0 fully saturated rings. The molecule has 0 aliphatic heterocycles. The molecule has 0 aliphatic carbocycles. The van der Waals surface area contributed by atoms with Gasteiger partial charge in [0.15, 0.2) is 11.6 Å². The lowest BCUT2D eigenvalue weighted by atomic mass is 9.94. The lowest BCUT2D eigenvalue weighted by Gasteiger charge is -2.31. The minimum atomic E-state index is -3.11. The molecule has 4 N–H and O–H groups in total. The number of aliphatic hydroxyl groups is 1. The summed E-state index contributed by atoms with van der Waals surface area (Å²) in [5.74, 6) is -1.52. The number of benzene rings is 1. The summed E-state index contributed by atoms with van der Waals surface area (Å²) >= 11 is 0. The Balaban J connectivity index is 3.05. The summed E-state index contributed by atoms with van der Waals surface area (Å²) in [6, 6.07) is 2.02. The van der Waals surface area contributed by atoms with Gasteiger partial charge in [0.25, 0.3) is 0 Å². The topological polar surface area (TPSA) is 67.5 Å². The van der Waals surface area contributed by atoms with E-state index in [1.165, 1.54) is 0 Å². The molecular weight excluding hydrogens is 273 g/mol. The first kappa shape index (κ1) is 16.4. The molecule has 1 atom stereocenters. The molecule has 0 spiro atoms. The number of hydrogen-bond donors (Lipinski definition) is 3. The van der Waals surface area contributed by atoms with Crippen molar-refractivity contribution in [3.05, 3.63) is 17.9 Å². The number of nitrogen functional groups attached to an aromatic ring is 1. The Morgan fingerprint density at radius 3 is 2.60 bits per heavy atom. The van der Waals surface area contributed by atoms with E-state index in [1.54, 1.807) is 0 Å². The Hall–Kier alpha value is -1.63. The van der Waals surface area contributed by atoms with Gasteiger partial charge in [-0.3, -0.25) is 0 Å². The number of nitrogens with two attached hydrogens (primary N) is 1. The molecule has 0 aromatic heterocycles. The van der Waals surface area contributed by atoms with Crippen LogP contribution in [0.5, 0.6) is 5.75 Å². The van der Waals surface area contributed by atoms with Gasteiger partial charge in [-0.25, -0.2) is 4.39 Å². The molecule has 20 heavy (non-hydrogen) atoms. The fraction of sp³-hybridized carbons (Fsp3) is 0.538. The molecule has 0 saturated carbocycles. The normalized spacial score (nSPS) is 14.2. The van der Waals surface area contributed by atoms with Gasteiger partial charge in [-0.05, 0) is 19.8 Å². The third-order valence-electron chi connectivity index (χ3n) is 3.20. The molecule has 114 valence electrons. The molecule has 0 bridgehead atoms. The van der Waals surface area contributed by atoms with Crippen LogP contribution in [-0.4, -0.2) is 23.9 Å². The van der Waals surface area contributed by atoms with Gasteiger partial charge in [-0.15, -0.1) is 0 Å². The summed E-state index contributed by atoms with van der Waals surface area (Å²) in [5, 5.41) is 12.1. The van der Waals surface area contributed by atoms with E-state index < -0.39 is 23.7 Å². The first-order valence-corrected chi connectivity index (χ1v) is 6.24. The summed E-state index contributed by atoms with van der Waals surface area (Å²) in [5.41, 5.74) is 5.56. The molecule has 0 saturated heterocycles. The molecule has 4 nitrogen and oxygen atoms in total. The average Bonchev–Trinajstić information content (AvgIpc) is 2.35. The number of hydrogen-bond acceptors (Lipinski definition) is 4. The molecule has 7 heteroatoms. The third kappa shape index (κ3) is 4.19. The second-order valence-corrected chi connectivity index (χ2v) is 4.76. The summed E-state index contributed by atoms with van der Waals surface area (Å²) in [6.45, 7) is 0.591. The lowest BCUT2D eigenvalue weighted by Crippen LogP contribution is -2.35. The molecule has 0 heterocycles. The predicted octanol–water partition coefficient (Wildman–Crippen LogP) is 2.97. The van der Waals surface area contributed by atoms with Crippen LogP contribution in [0.1, 0.15) is 26.7 Å². The number of ether oxygens (including phenoxy) is 1. The van der Waals surface area contributed by atoms with Gasteiger partial charge in [0.2, 0.25) is 0 Å². The fourth-order valence-electron chi connectivity index (χ4n) is 1.76. The Morgan fingerprint density at radius 1 is 1.45 bits per heavy atom. The van der Waals surface area contributed by atoms with E-state index in [9.17, 15) is 13.2 Å². The Labute approximate surface area is 115 Å². The summed E-state index contributed by atoms with van der Waals surface area (Å²) in [7, 11) is 0. The summed E-state index contributed by atoms with van der Waals surface area (Å²) in [4.78, 5) is 0. The number of aliphatic hydroxyl groups excluding tert-OH is 1. The maximum absolute atomic E-state index is 13.4. The Morgan fingerprint density at radius 2 is 2.10 bits per heavy atom. The number of halogens is 3. The van der Waals surface area contributed by atoms with Crippen molar-refractivity contribution in [2.75, 3.05) is 17.7 Å². The van der Waals surface area contributed by atoms with Crippen LogP contribution in [0.15, 0.2) is 12.1 Å². The van der Waals surface area contributed by atoms with Gasteiger partial charge in [-0.2, -0.15) is 8.78 Å². The minimum Gasteiger partial charge on any atom is -0.432 e. The highest BCUT2D eigenvalue weighted by Gasteiger charge is 2.23. The largest absolute Gasteiger partial charge is 0.432 e. The van der Waals surface area contributed by atoms with E-state index in [4.69, 9.17) is 10.8 Å². The number of rotatable bonds is 7. The van der Waals surface area contributed by atoms with Gasteiger partial charge in [0.05, 0.1) is 11.4 Å². The van der Waals surface area contributed by atoms with Gasteiger partial charge >= 0.3 is 6.61 Å². The zero-order chi connectivity index (χ0) is 15.3. The van der Waals surface area contributed by atoms with Crippen molar-refractivity contribution in [1.29, 1.82) is 0 Å². The quantitative estimate of drug-likeness (QED) is 0.676. The standard InChI is InChI=1S/C13H19F3N2O2/c1-3-13(2,4-5-19)18-10-7-11(20-12(15)16)8(14)6-9(10)17/h6-7,12,18-19H,3-5,17H2,1-2H3. The zero-order valence-electron chi connectivity index (χ0n) is 11.4. The van der Waals surface area contributed by atoms with Crippen LogP contribution in [0.4, 0.5) is 24.5 Å². The van der Waals surface area contributed by atoms with E-state index in [1.807, 2.05) is 13.8 Å². The molecular formula is C13H19F3N2O2. The van der Waals surface area contributed by atoms with Crippen LogP contribution in [0.2, 0.25) is 0 Å². The van der Waals surface area contributed by atoms with Gasteiger partial charge in [0.1, 0.15) is 0 Å². The highest BCUT2D eigenvalue weighted by Crippen LogP contribution is 2.32. The molecule has 1 unspecified atom stereocenters. The van der Waals surface area contributed by atoms with Crippen LogP contribution in [0.25, 0.3) is 0 Å². The molecule has 0 aliphatic rings. The third-order valence-corrected chi connectivity index (χ3v) is 3.20. The van der Waals surface area contributed by atoms with Gasteiger partial charge in [0, 0.05) is 24.3 Å². The molecule has 1 aromatic carbocycles. The Kier molecular flexibility index (Phi) is 5.50. The van der Waals surface area contributed by atoms with Crippen LogP contribution in [0, 0.1) is 5.82 Å². The van der Waals surface area contributed by atoms with E-state index in [2.05, 4.69) is 10.1 Å². The monoisotopic (exact) mass is 292 g/mol. The van der Waals surface area contributed by atoms with E-state index >= 15 is 0 Å². The van der Waals surface area contributed by atoms with Crippen molar-refractivity contribution < 1.29 is 23.0 Å². The second kappa shape index (κ2) is 6.69. The van der Waals surface area contributed by atoms with Crippen LogP contribution < -0.4 is 15.8 Å². The minimum absolute atomic E-state index is 0.0428. The van der Waals surface area contributed by atoms with Crippen molar-refractivity contribution in [1.82, 2.24) is 0 Å². The zero-order valence-corrected chi connectivity index (χ0v) is 11.4. The van der Waals surface area contributed by atoms with E-state index in [-0.39, 0.29) is 12.3 Å². The fourth-order valence-corrected chi connectivity index (χ4v) is 1.76. The summed E-state index contributed by atoms with van der Waals surface area (Å²) in [6.07, 6.45) is 1.10. The van der Waals surface area contributed by atoms with Crippen LogP contribution >= 0.6 is 0 Å². The average molecular weight is 292 g/mol. The van der Waals surface area contributed by atoms with Crippen molar-refractivity contribution in [2.45, 2.75) is 38.8 Å². The maximum atomic E-state index is 13.4. The molecule has 0 radical (unpaired) electrons. The molecule has 1 aromatic rings. The first-order valence-electron chi connectivity index (χ1n) is 6.24. The van der Waals surface area contributed by atoms with Crippen LogP contribution in [-0.2, 0) is 0 Å². The molecule has 0 amide bonds. The SMILES string of the molecule is CCC(C)(CCO)Nc1cc(OC(F)F)c(F)cc1N. The second-order valence-electron chi connectivity index (χ2n) is 4.76. The number of anilines is 2. The van der Waals surface area contributed by atoms with Gasteiger partial charge < -0.3 is 20.9 Å². The Bertz CT molecular complexity index is 457. The van der Waals surface area contributed by atoms with Crippen molar-refractivity contribution in [3.63, 3.8) is 0 Å². The highest BCUT2D eigenvalue weighted by atomic mass is 19.3. The van der Waals surface area contributed by atoms with E-state index in [0.29, 0.717) is 18.5 Å². The van der Waals surface area contributed by atoms with Gasteiger partial charge in [-0.1, -0.05) is 6.92 Å². The van der Waals surface area contributed by atoms with Crippen molar-refractivity contribution >= 4 is 11.4 Å². The van der Waals surface area contributed by atoms with Crippen molar-refractivity contribution in [2.24, 2.45) is 0 Å². The smallest absolute Gasteiger partial charge is 0.387 e. The number of alkyl halides is 2. The predicted molar refractivity (Wildman–Crippen MR) is 71.5 cm³/mol. The first-order chi connectivity index (χ1) is 9.31. The van der Waals surface area contributed by atoms with E-state index in [0.717, 1.165) is 12.1 Å².